The molecule has 15 heavy (non-hydrogen) atoms. The van der Waals surface area contributed by atoms with Crippen LogP contribution in [0.3, 0.4) is 0 Å². The Hall–Kier alpha value is -0.690. The lowest BCUT2D eigenvalue weighted by Crippen LogP contribution is -1.87. The van der Waals surface area contributed by atoms with Gasteiger partial charge in [0.25, 0.3) is 0 Å². The Morgan fingerprint density at radius 3 is 2.27 bits per heavy atom. The highest BCUT2D eigenvalue weighted by Gasteiger charge is 2.00. The quantitative estimate of drug-likeness (QED) is 0.563. The van der Waals surface area contributed by atoms with Crippen LogP contribution in [0.1, 0.15) is 33.6 Å². The molecule has 0 atom stereocenters. The molecule has 1 heteroatoms. The highest BCUT2D eigenvalue weighted by molar-refractivity contribution is 8.02. The van der Waals surface area contributed by atoms with Crippen LogP contribution in [0, 0.1) is 0 Å². The average molecular weight is 222 g/mol. The van der Waals surface area contributed by atoms with Crippen LogP contribution in [-0.2, 0) is 0 Å². The molecule has 0 saturated heterocycles. The predicted molar refractivity (Wildman–Crippen MR) is 74.2 cm³/mol. The summed E-state index contributed by atoms with van der Waals surface area (Å²) in [7, 11) is 0. The lowest BCUT2D eigenvalue weighted by atomic mass is 10.0. The molecule has 0 aliphatic rings. The van der Waals surface area contributed by atoms with E-state index >= 15 is 0 Å². The van der Waals surface area contributed by atoms with Gasteiger partial charge in [-0.15, -0.1) is 11.8 Å². The fourth-order valence-electron chi connectivity index (χ4n) is 1.29. The topological polar surface area (TPSA) is 0 Å². The van der Waals surface area contributed by atoms with E-state index in [2.05, 4.69) is 39.3 Å². The third-order valence-electron chi connectivity index (χ3n) is 2.32. The largest absolute Gasteiger partial charge is 0.134 e. The van der Waals surface area contributed by atoms with Gasteiger partial charge in [-0.1, -0.05) is 44.2 Å². The highest BCUT2D eigenvalue weighted by atomic mass is 32.2. The molecule has 0 nitrogen and oxygen atoms in total. The van der Waals surface area contributed by atoms with E-state index in [4.69, 9.17) is 0 Å². The summed E-state index contributed by atoms with van der Waals surface area (Å²) in [5.74, 6) is 0. The second-order valence-corrected chi connectivity index (χ2v) is 4.64. The summed E-state index contributed by atoms with van der Waals surface area (Å²) < 4.78 is 0. The minimum Gasteiger partial charge on any atom is -0.134 e. The third-order valence-corrected chi connectivity index (χ3v) is 3.19. The maximum atomic E-state index is 3.96. The van der Waals surface area contributed by atoms with Gasteiger partial charge in [0.15, 0.2) is 0 Å². The Morgan fingerprint density at radius 2 is 1.93 bits per heavy atom. The zero-order valence-electron chi connectivity index (χ0n) is 10.4. The van der Waals surface area contributed by atoms with Gasteiger partial charge in [-0.3, -0.25) is 0 Å². The molecule has 0 N–H and O–H groups in total. The van der Waals surface area contributed by atoms with Crippen molar-refractivity contribution in [2.45, 2.75) is 33.6 Å². The number of hydrogen-bond donors (Lipinski definition) is 0. The summed E-state index contributed by atoms with van der Waals surface area (Å²) in [6.45, 7) is 14.2. The zero-order chi connectivity index (χ0) is 11.8. The van der Waals surface area contributed by atoms with Gasteiger partial charge in [0.2, 0.25) is 0 Å². The first-order chi connectivity index (χ1) is 7.06. The molecule has 0 rings (SSSR count). The second kappa shape index (κ2) is 7.58. The van der Waals surface area contributed by atoms with Crippen LogP contribution in [0.2, 0.25) is 0 Å². The smallest absolute Gasteiger partial charge is 0.0140 e. The molecule has 0 radical (unpaired) electrons. The molecule has 0 bridgehead atoms. The Kier molecular flexibility index (Phi) is 7.23. The molecule has 0 unspecified atom stereocenters. The zero-order valence-corrected chi connectivity index (χ0v) is 11.2. The molecule has 0 spiro atoms. The van der Waals surface area contributed by atoms with Gasteiger partial charge in [-0.05, 0) is 42.6 Å². The number of thioether (sulfide) groups is 1. The maximum absolute atomic E-state index is 3.96. The van der Waals surface area contributed by atoms with Gasteiger partial charge in [-0.25, -0.2) is 0 Å². The number of rotatable bonds is 6. The fourth-order valence-corrected chi connectivity index (χ4v) is 1.72. The monoisotopic (exact) mass is 222 g/mol. The molecule has 0 fully saturated rings. The van der Waals surface area contributed by atoms with Crippen LogP contribution < -0.4 is 0 Å². The Balaban J connectivity index is 5.11. The molecule has 0 aromatic heterocycles. The average Bonchev–Trinajstić information content (AvgIpc) is 2.22. The van der Waals surface area contributed by atoms with Crippen LogP contribution >= 0.6 is 11.8 Å². The lowest BCUT2D eigenvalue weighted by Gasteiger charge is -2.08. The molecule has 0 aliphatic heterocycles. The Labute approximate surface area is 98.8 Å². The summed E-state index contributed by atoms with van der Waals surface area (Å²) in [5.41, 5.74) is 3.63. The SMILES string of the molecule is C=C/C(=C\C(CCC)=C(/C)SC)C(=C)C. The van der Waals surface area contributed by atoms with E-state index in [0.717, 1.165) is 17.6 Å². The van der Waals surface area contributed by atoms with Crippen LogP contribution in [0.15, 0.2) is 46.9 Å². The van der Waals surface area contributed by atoms with Crippen molar-refractivity contribution in [2.75, 3.05) is 6.26 Å². The van der Waals surface area contributed by atoms with Gasteiger partial charge >= 0.3 is 0 Å². The number of hydrogen-bond acceptors (Lipinski definition) is 1. The first kappa shape index (κ1) is 14.3. The van der Waals surface area contributed by atoms with Crippen molar-refractivity contribution in [1.29, 1.82) is 0 Å². The maximum Gasteiger partial charge on any atom is -0.0140 e. The van der Waals surface area contributed by atoms with E-state index in [1.165, 1.54) is 16.9 Å². The van der Waals surface area contributed by atoms with Crippen molar-refractivity contribution in [1.82, 2.24) is 0 Å². The van der Waals surface area contributed by atoms with Crippen molar-refractivity contribution >= 4 is 11.8 Å². The van der Waals surface area contributed by atoms with E-state index in [9.17, 15) is 0 Å². The summed E-state index contributed by atoms with van der Waals surface area (Å²) in [4.78, 5) is 1.39. The van der Waals surface area contributed by atoms with E-state index in [1.54, 1.807) is 0 Å². The van der Waals surface area contributed by atoms with Crippen LogP contribution in [0.5, 0.6) is 0 Å². The van der Waals surface area contributed by atoms with Crippen molar-refractivity contribution in [3.8, 4) is 0 Å². The highest BCUT2D eigenvalue weighted by Crippen LogP contribution is 2.23. The van der Waals surface area contributed by atoms with Crippen molar-refractivity contribution in [2.24, 2.45) is 0 Å². The fraction of sp³-hybridized carbons (Fsp3) is 0.429. The van der Waals surface area contributed by atoms with Gasteiger partial charge in [0.1, 0.15) is 0 Å². The first-order valence-corrected chi connectivity index (χ1v) is 6.53. The van der Waals surface area contributed by atoms with Gasteiger partial charge in [0.05, 0.1) is 0 Å². The molecule has 84 valence electrons. The van der Waals surface area contributed by atoms with Crippen LogP contribution in [-0.4, -0.2) is 6.26 Å². The van der Waals surface area contributed by atoms with E-state index in [-0.39, 0.29) is 0 Å². The third kappa shape index (κ3) is 5.08. The second-order valence-electron chi connectivity index (χ2n) is 3.62. The van der Waals surface area contributed by atoms with Crippen LogP contribution in [0.4, 0.5) is 0 Å². The van der Waals surface area contributed by atoms with E-state index in [1.807, 2.05) is 24.8 Å². The summed E-state index contributed by atoms with van der Waals surface area (Å²) in [5, 5.41) is 0. The van der Waals surface area contributed by atoms with E-state index < -0.39 is 0 Å². The predicted octanol–water partition coefficient (Wildman–Crippen LogP) is 5.11. The standard InChI is InChI=1S/C14H22S/c1-7-9-14(12(5)15-6)10-13(8-2)11(3)4/h8,10H,2-3,7,9H2,1,4-6H3/b13-10+,14-12+. The molecular formula is C14H22S. The Morgan fingerprint density at radius 1 is 1.33 bits per heavy atom. The normalized spacial score (nSPS) is 13.5. The Bertz CT molecular complexity index is 292. The molecule has 0 amide bonds. The van der Waals surface area contributed by atoms with E-state index in [0.29, 0.717) is 0 Å². The first-order valence-electron chi connectivity index (χ1n) is 5.30. The molecule has 0 aromatic rings. The molecular weight excluding hydrogens is 200 g/mol. The van der Waals surface area contributed by atoms with Gasteiger partial charge in [0, 0.05) is 0 Å². The number of allylic oxidation sites excluding steroid dienone is 6. The molecule has 0 heterocycles. The van der Waals surface area contributed by atoms with Crippen LogP contribution in [0.25, 0.3) is 0 Å². The summed E-state index contributed by atoms with van der Waals surface area (Å²) in [6, 6.07) is 0. The van der Waals surface area contributed by atoms with Gasteiger partial charge in [-0.2, -0.15) is 0 Å². The van der Waals surface area contributed by atoms with Crippen molar-refractivity contribution in [3.63, 3.8) is 0 Å². The molecule has 0 saturated carbocycles. The molecule has 0 aromatic carbocycles. The lowest BCUT2D eigenvalue weighted by molar-refractivity contribution is 0.920. The molecule has 0 aliphatic carbocycles. The van der Waals surface area contributed by atoms with Crippen molar-refractivity contribution in [3.05, 3.63) is 46.9 Å². The minimum atomic E-state index is 1.08. The minimum absolute atomic E-state index is 1.08. The van der Waals surface area contributed by atoms with Gasteiger partial charge < -0.3 is 0 Å². The summed E-state index contributed by atoms with van der Waals surface area (Å²) >= 11 is 1.81. The summed E-state index contributed by atoms with van der Waals surface area (Å²) in [6.07, 6.45) is 8.51. The van der Waals surface area contributed by atoms with Crippen molar-refractivity contribution < 1.29 is 0 Å².